The van der Waals surface area contributed by atoms with Crippen LogP contribution in [0.15, 0.2) is 12.1 Å². The molecule has 0 aliphatic heterocycles. The van der Waals surface area contributed by atoms with Gasteiger partial charge in [-0.3, -0.25) is 10.1 Å². The molecule has 0 fully saturated rings. The normalized spacial score (nSPS) is 11.9. The summed E-state index contributed by atoms with van der Waals surface area (Å²) >= 11 is 0. The van der Waals surface area contributed by atoms with Crippen LogP contribution in [0.5, 0.6) is 0 Å². The average molecular weight is 254 g/mol. The minimum Gasteiger partial charge on any atom is -0.393 e. The molecular formula is C11H18N4O3. The lowest BCUT2D eigenvalue weighted by molar-refractivity contribution is -0.384. The van der Waals surface area contributed by atoms with Crippen molar-refractivity contribution in [3.8, 4) is 0 Å². The van der Waals surface area contributed by atoms with Crippen LogP contribution in [0, 0.1) is 10.1 Å². The molecule has 1 unspecified atom stereocenters. The fourth-order valence-electron chi connectivity index (χ4n) is 1.47. The molecule has 0 aliphatic rings. The van der Waals surface area contributed by atoms with Gasteiger partial charge in [0.25, 0.3) is 0 Å². The average Bonchev–Trinajstić information content (AvgIpc) is 2.33. The van der Waals surface area contributed by atoms with Gasteiger partial charge in [-0.2, -0.15) is 0 Å². The van der Waals surface area contributed by atoms with Crippen LogP contribution < -0.4 is 10.6 Å². The fourth-order valence-corrected chi connectivity index (χ4v) is 1.47. The van der Waals surface area contributed by atoms with E-state index in [-0.39, 0.29) is 17.6 Å². The van der Waals surface area contributed by atoms with E-state index in [1.807, 2.05) is 0 Å². The number of pyridine rings is 1. The number of rotatable bonds is 7. The minimum absolute atomic E-state index is 0.0500. The highest BCUT2D eigenvalue weighted by molar-refractivity contribution is 5.60. The zero-order chi connectivity index (χ0) is 13.5. The molecule has 1 rings (SSSR count). The molecule has 0 saturated heterocycles. The SMILES string of the molecule is CNc1ccc([N+](=O)[O-])c(NCCCC(C)O)n1. The molecular weight excluding hydrogens is 236 g/mol. The Balaban J connectivity index is 2.69. The maximum absolute atomic E-state index is 10.8. The lowest BCUT2D eigenvalue weighted by Gasteiger charge is -2.08. The Bertz CT molecular complexity index is 409. The fraction of sp³-hybridized carbons (Fsp3) is 0.545. The van der Waals surface area contributed by atoms with E-state index in [1.165, 1.54) is 6.07 Å². The van der Waals surface area contributed by atoms with Crippen molar-refractivity contribution < 1.29 is 10.0 Å². The third-order valence-corrected chi connectivity index (χ3v) is 2.42. The largest absolute Gasteiger partial charge is 0.393 e. The number of nitrogens with zero attached hydrogens (tertiary/aromatic N) is 2. The summed E-state index contributed by atoms with van der Waals surface area (Å²) in [6.45, 7) is 2.24. The van der Waals surface area contributed by atoms with Gasteiger partial charge < -0.3 is 15.7 Å². The van der Waals surface area contributed by atoms with Crippen molar-refractivity contribution >= 4 is 17.3 Å². The Morgan fingerprint density at radius 2 is 2.28 bits per heavy atom. The van der Waals surface area contributed by atoms with Crippen molar-refractivity contribution in [2.24, 2.45) is 0 Å². The zero-order valence-corrected chi connectivity index (χ0v) is 10.5. The topological polar surface area (TPSA) is 100 Å². The molecule has 0 saturated carbocycles. The number of nitrogens with one attached hydrogen (secondary N) is 2. The van der Waals surface area contributed by atoms with Gasteiger partial charge in [0, 0.05) is 19.7 Å². The summed E-state index contributed by atoms with van der Waals surface area (Å²) < 4.78 is 0. The standard InChI is InChI=1S/C11H18N4O3/c1-8(16)4-3-7-13-11-9(15(17)18)5-6-10(12-2)14-11/h5-6,8,16H,3-4,7H2,1-2H3,(H2,12,13,14). The van der Waals surface area contributed by atoms with Crippen molar-refractivity contribution in [1.29, 1.82) is 0 Å². The third kappa shape index (κ3) is 4.17. The molecule has 100 valence electrons. The molecule has 1 atom stereocenters. The summed E-state index contributed by atoms with van der Waals surface area (Å²) in [5.74, 6) is 0.816. The van der Waals surface area contributed by atoms with Crippen LogP contribution in [0.3, 0.4) is 0 Å². The second kappa shape index (κ2) is 6.75. The number of aliphatic hydroxyl groups is 1. The quantitative estimate of drug-likeness (QED) is 0.388. The van der Waals surface area contributed by atoms with Crippen LogP contribution in [0.4, 0.5) is 17.3 Å². The monoisotopic (exact) mass is 254 g/mol. The van der Waals surface area contributed by atoms with E-state index in [4.69, 9.17) is 5.11 Å². The van der Waals surface area contributed by atoms with Crippen LogP contribution in [0.1, 0.15) is 19.8 Å². The van der Waals surface area contributed by atoms with Gasteiger partial charge in [0.15, 0.2) is 0 Å². The first-order valence-electron chi connectivity index (χ1n) is 5.79. The number of aliphatic hydroxyl groups excluding tert-OH is 1. The number of anilines is 2. The number of aromatic nitrogens is 1. The first-order valence-corrected chi connectivity index (χ1v) is 5.79. The minimum atomic E-state index is -0.469. The summed E-state index contributed by atoms with van der Waals surface area (Å²) in [6, 6.07) is 2.97. The van der Waals surface area contributed by atoms with E-state index < -0.39 is 4.92 Å². The van der Waals surface area contributed by atoms with Crippen molar-refractivity contribution in [3.05, 3.63) is 22.2 Å². The van der Waals surface area contributed by atoms with Crippen molar-refractivity contribution in [1.82, 2.24) is 4.98 Å². The van der Waals surface area contributed by atoms with Crippen molar-refractivity contribution in [3.63, 3.8) is 0 Å². The molecule has 3 N–H and O–H groups in total. The Hall–Kier alpha value is -1.89. The highest BCUT2D eigenvalue weighted by Gasteiger charge is 2.15. The van der Waals surface area contributed by atoms with E-state index >= 15 is 0 Å². The van der Waals surface area contributed by atoms with Gasteiger partial charge in [-0.1, -0.05) is 0 Å². The molecule has 1 aromatic heterocycles. The molecule has 18 heavy (non-hydrogen) atoms. The van der Waals surface area contributed by atoms with Crippen LogP contribution in [-0.2, 0) is 0 Å². The van der Waals surface area contributed by atoms with Crippen molar-refractivity contribution in [2.45, 2.75) is 25.9 Å². The molecule has 1 heterocycles. The first kappa shape index (κ1) is 14.2. The first-order chi connectivity index (χ1) is 8.54. The molecule has 7 heteroatoms. The molecule has 0 radical (unpaired) electrons. The zero-order valence-electron chi connectivity index (χ0n) is 10.5. The predicted molar refractivity (Wildman–Crippen MR) is 69.8 cm³/mol. The van der Waals surface area contributed by atoms with Crippen molar-refractivity contribution in [2.75, 3.05) is 24.2 Å². The van der Waals surface area contributed by atoms with Crippen LogP contribution in [-0.4, -0.2) is 34.7 Å². The van der Waals surface area contributed by atoms with Gasteiger partial charge in [-0.05, 0) is 25.8 Å². The van der Waals surface area contributed by atoms with E-state index in [0.29, 0.717) is 18.8 Å². The maximum Gasteiger partial charge on any atom is 0.311 e. The van der Waals surface area contributed by atoms with E-state index in [0.717, 1.165) is 6.42 Å². The molecule has 0 aliphatic carbocycles. The molecule has 7 nitrogen and oxygen atoms in total. The molecule has 0 amide bonds. The predicted octanol–water partition coefficient (Wildman–Crippen LogP) is 1.60. The van der Waals surface area contributed by atoms with E-state index in [2.05, 4.69) is 15.6 Å². The lowest BCUT2D eigenvalue weighted by atomic mass is 10.2. The second-order valence-corrected chi connectivity index (χ2v) is 3.99. The lowest BCUT2D eigenvalue weighted by Crippen LogP contribution is -2.09. The van der Waals surface area contributed by atoms with Crippen LogP contribution in [0.25, 0.3) is 0 Å². The van der Waals surface area contributed by atoms with Gasteiger partial charge in [0.05, 0.1) is 11.0 Å². The Labute approximate surface area is 105 Å². The van der Waals surface area contributed by atoms with E-state index in [9.17, 15) is 10.1 Å². The molecule has 0 spiro atoms. The Morgan fingerprint density at radius 3 is 2.83 bits per heavy atom. The third-order valence-electron chi connectivity index (χ3n) is 2.42. The van der Waals surface area contributed by atoms with Gasteiger partial charge >= 0.3 is 5.69 Å². The highest BCUT2D eigenvalue weighted by atomic mass is 16.6. The summed E-state index contributed by atoms with van der Waals surface area (Å²) in [4.78, 5) is 14.5. The number of hydrogen-bond donors (Lipinski definition) is 3. The summed E-state index contributed by atoms with van der Waals surface area (Å²) in [5, 5.41) is 25.7. The Kier molecular flexibility index (Phi) is 5.31. The molecule has 0 bridgehead atoms. The smallest absolute Gasteiger partial charge is 0.311 e. The highest BCUT2D eigenvalue weighted by Crippen LogP contribution is 2.23. The van der Waals surface area contributed by atoms with Gasteiger partial charge in [0.2, 0.25) is 5.82 Å². The summed E-state index contributed by atoms with van der Waals surface area (Å²) in [5.41, 5.74) is -0.0500. The number of nitro groups is 1. The second-order valence-electron chi connectivity index (χ2n) is 3.99. The van der Waals surface area contributed by atoms with Gasteiger partial charge in [-0.25, -0.2) is 4.98 Å². The Morgan fingerprint density at radius 1 is 1.56 bits per heavy atom. The van der Waals surface area contributed by atoms with Crippen LogP contribution in [0.2, 0.25) is 0 Å². The summed E-state index contributed by atoms with van der Waals surface area (Å²) in [6.07, 6.45) is 1.01. The van der Waals surface area contributed by atoms with E-state index in [1.54, 1.807) is 20.0 Å². The molecule has 0 aromatic carbocycles. The number of hydrogen-bond acceptors (Lipinski definition) is 6. The van der Waals surface area contributed by atoms with Crippen LogP contribution >= 0.6 is 0 Å². The molecule has 1 aromatic rings. The van der Waals surface area contributed by atoms with Gasteiger partial charge in [-0.15, -0.1) is 0 Å². The summed E-state index contributed by atoms with van der Waals surface area (Å²) in [7, 11) is 1.70. The maximum atomic E-state index is 10.8. The van der Waals surface area contributed by atoms with Gasteiger partial charge in [0.1, 0.15) is 5.82 Å².